The zero-order valence-electron chi connectivity index (χ0n) is 18.0. The smallest absolute Gasteiger partial charge is 0.258 e. The maximum Gasteiger partial charge on any atom is 0.258 e. The van der Waals surface area contributed by atoms with Gasteiger partial charge in [0.05, 0.1) is 18.3 Å². The number of aromatic nitrogens is 2. The van der Waals surface area contributed by atoms with Crippen LogP contribution < -0.4 is 4.74 Å². The average molecular weight is 416 g/mol. The van der Waals surface area contributed by atoms with Crippen LogP contribution in [0.25, 0.3) is 22.8 Å². The van der Waals surface area contributed by atoms with E-state index in [9.17, 15) is 10.4 Å². The minimum atomic E-state index is -0.0200. The quantitative estimate of drug-likeness (QED) is 0.592. The van der Waals surface area contributed by atoms with Crippen LogP contribution in [0.3, 0.4) is 0 Å². The van der Waals surface area contributed by atoms with Crippen molar-refractivity contribution in [3.63, 3.8) is 0 Å². The van der Waals surface area contributed by atoms with Gasteiger partial charge in [-0.1, -0.05) is 23.4 Å². The predicted octanol–water partition coefficient (Wildman–Crippen LogP) is 2.89. The first-order chi connectivity index (χ1) is 15.0. The molecule has 0 aliphatic heterocycles. The van der Waals surface area contributed by atoms with E-state index >= 15 is 0 Å². The van der Waals surface area contributed by atoms with Crippen molar-refractivity contribution in [1.29, 1.82) is 5.26 Å². The van der Waals surface area contributed by atoms with Crippen molar-refractivity contribution >= 4 is 7.98 Å². The Morgan fingerprint density at radius 2 is 2.19 bits per heavy atom. The van der Waals surface area contributed by atoms with Gasteiger partial charge in [0.25, 0.3) is 5.89 Å². The lowest BCUT2D eigenvalue weighted by atomic mass is 10.00. The van der Waals surface area contributed by atoms with Gasteiger partial charge in [-0.2, -0.15) is 10.2 Å². The number of hydrogen-bond donors (Lipinski definition) is 1. The topological polar surface area (TPSA) is 95.4 Å². The minimum Gasteiger partial charge on any atom is -0.490 e. The fourth-order valence-corrected chi connectivity index (χ4v) is 4.17. The summed E-state index contributed by atoms with van der Waals surface area (Å²) in [7, 11) is 2.04. The zero-order valence-corrected chi connectivity index (χ0v) is 18.0. The number of aliphatic hydroxyl groups excluding tert-OH is 1. The van der Waals surface area contributed by atoms with Crippen LogP contribution in [0.4, 0.5) is 0 Å². The summed E-state index contributed by atoms with van der Waals surface area (Å²) in [6.07, 6.45) is 1.90. The summed E-state index contributed by atoms with van der Waals surface area (Å²) >= 11 is 0. The Morgan fingerprint density at radius 3 is 2.94 bits per heavy atom. The van der Waals surface area contributed by atoms with Gasteiger partial charge in [0.15, 0.2) is 7.98 Å². The van der Waals surface area contributed by atoms with Gasteiger partial charge in [-0.3, -0.25) is 0 Å². The van der Waals surface area contributed by atoms with Crippen molar-refractivity contribution in [3.05, 3.63) is 53.1 Å². The molecule has 2 aromatic carbocycles. The van der Waals surface area contributed by atoms with Gasteiger partial charge in [0.2, 0.25) is 5.82 Å². The fourth-order valence-electron chi connectivity index (χ4n) is 4.17. The summed E-state index contributed by atoms with van der Waals surface area (Å²) in [5.74, 6) is 1.45. The first-order valence-electron chi connectivity index (χ1n) is 10.5. The van der Waals surface area contributed by atoms with Crippen molar-refractivity contribution in [2.24, 2.45) is 0 Å². The van der Waals surface area contributed by atoms with E-state index in [1.54, 1.807) is 12.1 Å². The molecule has 0 saturated carbocycles. The van der Waals surface area contributed by atoms with Crippen LogP contribution in [0.15, 0.2) is 40.9 Å². The van der Waals surface area contributed by atoms with Crippen LogP contribution in [0.1, 0.15) is 43.0 Å². The van der Waals surface area contributed by atoms with Crippen molar-refractivity contribution < 1.29 is 14.4 Å². The second-order valence-electron chi connectivity index (χ2n) is 8.04. The van der Waals surface area contributed by atoms with Crippen LogP contribution in [-0.2, 0) is 6.42 Å². The lowest BCUT2D eigenvalue weighted by Crippen LogP contribution is -2.27. The number of nitriles is 1. The molecule has 0 saturated heterocycles. The van der Waals surface area contributed by atoms with Gasteiger partial charge in [-0.05, 0) is 56.0 Å². The van der Waals surface area contributed by atoms with E-state index in [1.807, 2.05) is 40.0 Å². The van der Waals surface area contributed by atoms with E-state index < -0.39 is 0 Å². The molecule has 1 heterocycles. The van der Waals surface area contributed by atoms with Crippen molar-refractivity contribution in [1.82, 2.24) is 15.0 Å². The third-order valence-corrected chi connectivity index (χ3v) is 5.60. The number of fused-ring (bicyclic) bond motifs is 1. The molecule has 0 spiro atoms. The molecule has 0 unspecified atom stereocenters. The molecule has 0 amide bonds. The Balaban J connectivity index is 1.65. The number of rotatable bonds is 7. The molecule has 4 rings (SSSR count). The summed E-state index contributed by atoms with van der Waals surface area (Å²) in [5.41, 5.74) is 4.55. The van der Waals surface area contributed by atoms with Crippen molar-refractivity contribution in [2.75, 3.05) is 13.2 Å². The van der Waals surface area contributed by atoms with Crippen molar-refractivity contribution in [3.8, 4) is 34.7 Å². The van der Waals surface area contributed by atoms with Gasteiger partial charge in [-0.15, -0.1) is 0 Å². The minimum absolute atomic E-state index is 0.0200. The summed E-state index contributed by atoms with van der Waals surface area (Å²) in [5, 5.41) is 23.0. The van der Waals surface area contributed by atoms with E-state index in [-0.39, 0.29) is 18.8 Å². The van der Waals surface area contributed by atoms with Gasteiger partial charge >= 0.3 is 0 Å². The Hall–Kier alpha value is -3.15. The van der Waals surface area contributed by atoms with Crippen LogP contribution in [0, 0.1) is 11.3 Å². The number of nitrogens with zero attached hydrogens (tertiary/aromatic N) is 4. The Bertz CT molecular complexity index is 1120. The van der Waals surface area contributed by atoms with E-state index in [1.165, 1.54) is 11.1 Å². The Kier molecular flexibility index (Phi) is 6.07. The second-order valence-corrected chi connectivity index (χ2v) is 8.04. The van der Waals surface area contributed by atoms with E-state index in [4.69, 9.17) is 9.26 Å². The molecule has 1 aliphatic rings. The highest BCUT2D eigenvalue weighted by Crippen LogP contribution is 2.39. The number of hydrogen-bond acceptors (Lipinski definition) is 7. The monoisotopic (exact) mass is 416 g/mol. The summed E-state index contributed by atoms with van der Waals surface area (Å²) < 4.78 is 11.2. The number of ether oxygens (including phenoxy) is 1. The molecule has 31 heavy (non-hydrogen) atoms. The number of benzene rings is 2. The highest BCUT2D eigenvalue weighted by atomic mass is 16.5. The SMILES string of the molecule is BN(CCO)[C@H]1CCc2c(-c3noc(-c4ccc(OC(C)C)c(C#N)c4)n3)cccc21. The summed E-state index contributed by atoms with van der Waals surface area (Å²) in [6, 6.07) is 13.9. The Labute approximate surface area is 182 Å². The summed E-state index contributed by atoms with van der Waals surface area (Å²) in [6.45, 7) is 4.62. The molecule has 0 radical (unpaired) electrons. The average Bonchev–Trinajstić information content (AvgIpc) is 3.41. The first-order valence-corrected chi connectivity index (χ1v) is 10.5. The van der Waals surface area contributed by atoms with Gasteiger partial charge in [-0.25, -0.2) is 0 Å². The molecule has 7 nitrogen and oxygen atoms in total. The molecule has 0 bridgehead atoms. The van der Waals surface area contributed by atoms with E-state index in [0.29, 0.717) is 35.1 Å². The van der Waals surface area contributed by atoms with Crippen LogP contribution in [-0.4, -0.2) is 47.3 Å². The normalized spacial score (nSPS) is 15.3. The molecular formula is C23H25BN4O3. The molecule has 8 heteroatoms. The molecule has 1 aromatic heterocycles. The first kappa shape index (κ1) is 21.1. The standard InChI is InChI=1S/C23H25BN4O3/c1-14(2)30-21-9-6-15(12-16(21)13-25)23-26-22(27-31-23)19-5-3-4-18-17(19)7-8-20(18)28(24)10-11-29/h3-6,9,12,14,20,29H,7-8,10-11,24H2,1-2H3/t20-/m0/s1. The van der Waals surface area contributed by atoms with Crippen LogP contribution in [0.2, 0.25) is 0 Å². The fraction of sp³-hybridized carbons (Fsp3) is 0.348. The molecule has 158 valence electrons. The highest BCUT2D eigenvalue weighted by molar-refractivity contribution is 6.04. The maximum atomic E-state index is 9.48. The highest BCUT2D eigenvalue weighted by Gasteiger charge is 2.28. The lowest BCUT2D eigenvalue weighted by molar-refractivity contribution is 0.231. The molecule has 1 N–H and O–H groups in total. The van der Waals surface area contributed by atoms with Crippen molar-refractivity contribution in [2.45, 2.75) is 38.8 Å². The zero-order chi connectivity index (χ0) is 22.0. The number of aliphatic hydroxyl groups is 1. The third kappa shape index (κ3) is 4.20. The summed E-state index contributed by atoms with van der Waals surface area (Å²) in [4.78, 5) is 6.80. The maximum absolute atomic E-state index is 9.48. The van der Waals surface area contributed by atoms with Crippen LogP contribution >= 0.6 is 0 Å². The molecular weight excluding hydrogens is 391 g/mol. The van der Waals surface area contributed by atoms with E-state index in [2.05, 4.69) is 27.1 Å². The molecule has 3 aromatic rings. The molecule has 0 fully saturated rings. The van der Waals surface area contributed by atoms with Gasteiger partial charge < -0.3 is 19.2 Å². The predicted molar refractivity (Wildman–Crippen MR) is 119 cm³/mol. The van der Waals surface area contributed by atoms with Gasteiger partial charge in [0, 0.05) is 23.7 Å². The molecule has 1 atom stereocenters. The van der Waals surface area contributed by atoms with E-state index in [0.717, 1.165) is 18.4 Å². The molecule has 1 aliphatic carbocycles. The second kappa shape index (κ2) is 8.92. The largest absolute Gasteiger partial charge is 0.490 e. The van der Waals surface area contributed by atoms with Crippen LogP contribution in [0.5, 0.6) is 5.75 Å². The third-order valence-electron chi connectivity index (χ3n) is 5.60. The lowest BCUT2D eigenvalue weighted by Gasteiger charge is -2.24. The Morgan fingerprint density at radius 1 is 1.35 bits per heavy atom. The van der Waals surface area contributed by atoms with Gasteiger partial charge in [0.1, 0.15) is 11.8 Å².